The summed E-state index contributed by atoms with van der Waals surface area (Å²) in [5.74, 6) is 0.701. The largest absolute Gasteiger partial charge is 0.375 e. The van der Waals surface area contributed by atoms with Crippen LogP contribution in [-0.4, -0.2) is 24.8 Å². The van der Waals surface area contributed by atoms with E-state index in [9.17, 15) is 0 Å². The molecule has 3 atom stereocenters. The molecule has 0 aromatic carbocycles. The van der Waals surface area contributed by atoms with Gasteiger partial charge in [0.2, 0.25) is 0 Å². The maximum Gasteiger partial charge on any atom is 0.0728 e. The van der Waals surface area contributed by atoms with Crippen molar-refractivity contribution in [3.63, 3.8) is 0 Å². The Morgan fingerprint density at radius 2 is 2.17 bits per heavy atom. The molecule has 2 heteroatoms. The van der Waals surface area contributed by atoms with Crippen molar-refractivity contribution in [1.29, 1.82) is 0 Å². The van der Waals surface area contributed by atoms with Crippen LogP contribution in [0.1, 0.15) is 33.1 Å². The minimum absolute atomic E-state index is 0.528. The lowest BCUT2D eigenvalue weighted by Crippen LogP contribution is -2.53. The van der Waals surface area contributed by atoms with E-state index in [-0.39, 0.29) is 0 Å². The predicted molar refractivity (Wildman–Crippen MR) is 49.1 cm³/mol. The molecule has 70 valence electrons. The van der Waals surface area contributed by atoms with Crippen LogP contribution in [0, 0.1) is 5.92 Å². The molecule has 1 N–H and O–H groups in total. The second kappa shape index (κ2) is 3.35. The second-order valence-corrected chi connectivity index (χ2v) is 4.43. The van der Waals surface area contributed by atoms with Crippen LogP contribution in [-0.2, 0) is 4.74 Å². The standard InChI is InChI=1S/C10H19NO/c1-7(2)9-6-12-10-5-3-4-8(10)11-9/h7-11H,3-6H2,1-2H3. The molecule has 0 aromatic rings. The number of morpholine rings is 1. The molecule has 1 aliphatic heterocycles. The summed E-state index contributed by atoms with van der Waals surface area (Å²) in [4.78, 5) is 0. The third kappa shape index (κ3) is 1.50. The van der Waals surface area contributed by atoms with E-state index >= 15 is 0 Å². The zero-order chi connectivity index (χ0) is 8.55. The average Bonchev–Trinajstić information content (AvgIpc) is 2.49. The molecule has 12 heavy (non-hydrogen) atoms. The van der Waals surface area contributed by atoms with E-state index in [1.807, 2.05) is 0 Å². The van der Waals surface area contributed by atoms with Gasteiger partial charge in [-0.05, 0) is 25.2 Å². The highest BCUT2D eigenvalue weighted by Crippen LogP contribution is 2.26. The monoisotopic (exact) mass is 169 g/mol. The van der Waals surface area contributed by atoms with Crippen molar-refractivity contribution in [2.75, 3.05) is 6.61 Å². The van der Waals surface area contributed by atoms with E-state index in [1.165, 1.54) is 19.3 Å². The van der Waals surface area contributed by atoms with Gasteiger partial charge in [0.25, 0.3) is 0 Å². The second-order valence-electron chi connectivity index (χ2n) is 4.43. The fraction of sp³-hybridized carbons (Fsp3) is 1.00. The third-order valence-corrected chi connectivity index (χ3v) is 3.18. The Hall–Kier alpha value is -0.0800. The number of fused-ring (bicyclic) bond motifs is 1. The van der Waals surface area contributed by atoms with Crippen molar-refractivity contribution in [2.24, 2.45) is 5.92 Å². The summed E-state index contributed by atoms with van der Waals surface area (Å²) >= 11 is 0. The molecule has 2 fully saturated rings. The molecule has 1 saturated carbocycles. The Morgan fingerprint density at radius 1 is 1.33 bits per heavy atom. The smallest absolute Gasteiger partial charge is 0.0728 e. The van der Waals surface area contributed by atoms with Crippen LogP contribution in [0.2, 0.25) is 0 Å². The molecular formula is C10H19NO. The molecule has 0 radical (unpaired) electrons. The van der Waals surface area contributed by atoms with Crippen molar-refractivity contribution >= 4 is 0 Å². The van der Waals surface area contributed by atoms with Crippen LogP contribution in [0.15, 0.2) is 0 Å². The maximum absolute atomic E-state index is 5.81. The number of nitrogens with one attached hydrogen (secondary N) is 1. The summed E-state index contributed by atoms with van der Waals surface area (Å²) in [7, 11) is 0. The summed E-state index contributed by atoms with van der Waals surface area (Å²) in [5, 5.41) is 3.69. The average molecular weight is 169 g/mol. The van der Waals surface area contributed by atoms with Gasteiger partial charge in [-0.15, -0.1) is 0 Å². The lowest BCUT2D eigenvalue weighted by atomic mass is 10.0. The van der Waals surface area contributed by atoms with Gasteiger partial charge in [0.1, 0.15) is 0 Å². The Bertz CT molecular complexity index is 158. The first-order chi connectivity index (χ1) is 5.77. The van der Waals surface area contributed by atoms with Gasteiger partial charge in [0.15, 0.2) is 0 Å². The van der Waals surface area contributed by atoms with Crippen molar-refractivity contribution in [1.82, 2.24) is 5.32 Å². The summed E-state index contributed by atoms with van der Waals surface area (Å²) in [6.07, 6.45) is 4.45. The Kier molecular flexibility index (Phi) is 2.37. The summed E-state index contributed by atoms with van der Waals surface area (Å²) in [6.45, 7) is 5.44. The van der Waals surface area contributed by atoms with Crippen LogP contribution >= 0.6 is 0 Å². The summed E-state index contributed by atoms with van der Waals surface area (Å²) in [5.41, 5.74) is 0. The first-order valence-electron chi connectivity index (χ1n) is 5.15. The zero-order valence-electron chi connectivity index (χ0n) is 8.05. The van der Waals surface area contributed by atoms with E-state index in [0.29, 0.717) is 24.1 Å². The van der Waals surface area contributed by atoms with Crippen molar-refractivity contribution in [2.45, 2.75) is 51.3 Å². The minimum atomic E-state index is 0.528. The molecule has 3 unspecified atom stereocenters. The Balaban J connectivity index is 1.92. The molecule has 0 amide bonds. The normalized spacial score (nSPS) is 41.8. The lowest BCUT2D eigenvalue weighted by Gasteiger charge is -2.35. The molecule has 2 rings (SSSR count). The van der Waals surface area contributed by atoms with Gasteiger partial charge < -0.3 is 10.1 Å². The first kappa shape index (κ1) is 8.52. The van der Waals surface area contributed by atoms with Crippen molar-refractivity contribution < 1.29 is 4.74 Å². The lowest BCUT2D eigenvalue weighted by molar-refractivity contribution is -0.0231. The summed E-state index contributed by atoms with van der Waals surface area (Å²) < 4.78 is 5.81. The van der Waals surface area contributed by atoms with Crippen LogP contribution in [0.25, 0.3) is 0 Å². The number of hydrogen-bond donors (Lipinski definition) is 1. The topological polar surface area (TPSA) is 21.3 Å². The third-order valence-electron chi connectivity index (χ3n) is 3.18. The van der Waals surface area contributed by atoms with E-state index < -0.39 is 0 Å². The molecule has 1 aliphatic carbocycles. The van der Waals surface area contributed by atoms with Gasteiger partial charge in [0, 0.05) is 12.1 Å². The van der Waals surface area contributed by atoms with E-state index in [4.69, 9.17) is 4.74 Å². The number of hydrogen-bond acceptors (Lipinski definition) is 2. The zero-order valence-corrected chi connectivity index (χ0v) is 8.05. The highest BCUT2D eigenvalue weighted by atomic mass is 16.5. The Labute approximate surface area is 74.7 Å². The molecule has 2 aliphatic rings. The molecular weight excluding hydrogens is 150 g/mol. The van der Waals surface area contributed by atoms with Gasteiger partial charge in [-0.3, -0.25) is 0 Å². The maximum atomic E-state index is 5.81. The van der Waals surface area contributed by atoms with Gasteiger partial charge in [-0.2, -0.15) is 0 Å². The van der Waals surface area contributed by atoms with E-state index in [1.54, 1.807) is 0 Å². The van der Waals surface area contributed by atoms with Crippen LogP contribution < -0.4 is 5.32 Å². The van der Waals surface area contributed by atoms with E-state index in [0.717, 1.165) is 6.61 Å². The molecule has 0 spiro atoms. The van der Waals surface area contributed by atoms with Crippen molar-refractivity contribution in [3.05, 3.63) is 0 Å². The molecule has 0 aromatic heterocycles. The number of ether oxygens (including phenoxy) is 1. The first-order valence-corrected chi connectivity index (χ1v) is 5.15. The van der Waals surface area contributed by atoms with Crippen LogP contribution in [0.5, 0.6) is 0 Å². The van der Waals surface area contributed by atoms with Crippen molar-refractivity contribution in [3.8, 4) is 0 Å². The van der Waals surface area contributed by atoms with Gasteiger partial charge in [0.05, 0.1) is 12.7 Å². The number of rotatable bonds is 1. The van der Waals surface area contributed by atoms with E-state index in [2.05, 4.69) is 19.2 Å². The quantitative estimate of drug-likeness (QED) is 0.643. The molecule has 1 heterocycles. The fourth-order valence-electron chi connectivity index (χ4n) is 2.25. The van der Waals surface area contributed by atoms with Gasteiger partial charge in [-0.1, -0.05) is 13.8 Å². The van der Waals surface area contributed by atoms with Gasteiger partial charge >= 0.3 is 0 Å². The molecule has 0 bridgehead atoms. The minimum Gasteiger partial charge on any atom is -0.375 e. The Morgan fingerprint density at radius 3 is 2.92 bits per heavy atom. The fourth-order valence-corrected chi connectivity index (χ4v) is 2.25. The highest BCUT2D eigenvalue weighted by Gasteiger charge is 2.34. The van der Waals surface area contributed by atoms with Crippen LogP contribution in [0.3, 0.4) is 0 Å². The molecule has 1 saturated heterocycles. The SMILES string of the molecule is CC(C)C1COC2CCCC2N1. The highest BCUT2D eigenvalue weighted by molar-refractivity contribution is 4.91. The predicted octanol–water partition coefficient (Wildman–Crippen LogP) is 1.55. The van der Waals surface area contributed by atoms with Crippen LogP contribution in [0.4, 0.5) is 0 Å². The van der Waals surface area contributed by atoms with Gasteiger partial charge in [-0.25, -0.2) is 0 Å². The summed E-state index contributed by atoms with van der Waals surface area (Å²) in [6, 6.07) is 1.25. The molecule has 2 nitrogen and oxygen atoms in total.